The Balaban J connectivity index is 1.68. The predicted octanol–water partition coefficient (Wildman–Crippen LogP) is 2.48. The normalized spacial score (nSPS) is 10.6. The Hall–Kier alpha value is -2.58. The summed E-state index contributed by atoms with van der Waals surface area (Å²) in [6, 6.07) is 10.3. The summed E-state index contributed by atoms with van der Waals surface area (Å²) >= 11 is 6.93. The van der Waals surface area contributed by atoms with Crippen LogP contribution in [0.25, 0.3) is 5.65 Å². The Morgan fingerprint density at radius 3 is 2.96 bits per heavy atom. The maximum atomic E-state index is 12.0. The number of halogens is 1. The third-order valence-corrected chi connectivity index (χ3v) is 4.26. The monoisotopic (exact) mass is 376 g/mol. The van der Waals surface area contributed by atoms with E-state index in [1.165, 1.54) is 10.6 Å². The summed E-state index contributed by atoms with van der Waals surface area (Å²) in [5, 5.41) is 3.39. The number of thioether (sulfide) groups is 1. The van der Waals surface area contributed by atoms with Gasteiger partial charge in [0.1, 0.15) is 11.4 Å². The maximum Gasteiger partial charge on any atom is 0.355 e. The van der Waals surface area contributed by atoms with Gasteiger partial charge in [0.05, 0.1) is 17.9 Å². The van der Waals surface area contributed by atoms with Gasteiger partial charge in [-0.3, -0.25) is 4.79 Å². The van der Waals surface area contributed by atoms with Crippen LogP contribution in [0.2, 0.25) is 5.02 Å². The van der Waals surface area contributed by atoms with Crippen molar-refractivity contribution in [2.45, 2.75) is 5.16 Å². The highest BCUT2D eigenvalue weighted by atomic mass is 35.5. The van der Waals surface area contributed by atoms with E-state index in [0.29, 0.717) is 22.1 Å². The van der Waals surface area contributed by atoms with E-state index >= 15 is 0 Å². The molecule has 128 valence electrons. The lowest BCUT2D eigenvalue weighted by Crippen LogP contribution is -2.20. The summed E-state index contributed by atoms with van der Waals surface area (Å²) in [6.07, 6.45) is 1.45. The van der Waals surface area contributed by atoms with Gasteiger partial charge in [0.15, 0.2) is 5.16 Å². The van der Waals surface area contributed by atoms with Gasteiger partial charge in [0.25, 0.3) is 0 Å². The molecule has 0 bridgehead atoms. The predicted molar refractivity (Wildman–Crippen MR) is 96.6 cm³/mol. The number of ether oxygens (including phenoxy) is 1. The van der Waals surface area contributed by atoms with Gasteiger partial charge < -0.3 is 10.1 Å². The molecule has 1 amide bonds. The molecule has 0 fully saturated rings. The first kappa shape index (κ1) is 17.2. The van der Waals surface area contributed by atoms with Crippen LogP contribution >= 0.6 is 23.4 Å². The van der Waals surface area contributed by atoms with Crippen LogP contribution in [-0.2, 0) is 4.79 Å². The van der Waals surface area contributed by atoms with Crippen LogP contribution in [0.4, 0.5) is 5.69 Å². The number of rotatable bonds is 5. The molecule has 0 aliphatic rings. The quantitative estimate of drug-likeness (QED) is 0.688. The highest BCUT2D eigenvalue weighted by molar-refractivity contribution is 7.99. The number of carbonyl (C=O) groups is 1. The number of fused-ring (bicyclic) bond motifs is 1. The Bertz CT molecular complexity index is 993. The fourth-order valence-electron chi connectivity index (χ4n) is 2.06. The molecule has 0 radical (unpaired) electrons. The molecule has 0 unspecified atom stereocenters. The molecule has 0 saturated carbocycles. The minimum Gasteiger partial charge on any atom is -0.497 e. The molecule has 25 heavy (non-hydrogen) atoms. The molecule has 2 heterocycles. The number of nitrogens with zero attached hydrogens (tertiary/aromatic N) is 3. The second kappa shape index (κ2) is 7.54. The van der Waals surface area contributed by atoms with Crippen molar-refractivity contribution < 1.29 is 9.53 Å². The van der Waals surface area contributed by atoms with Gasteiger partial charge in [-0.1, -0.05) is 29.4 Å². The molecular formula is C16H13ClN4O3S. The van der Waals surface area contributed by atoms with Gasteiger partial charge >= 0.3 is 5.69 Å². The average Bonchev–Trinajstić information content (AvgIpc) is 2.61. The first-order chi connectivity index (χ1) is 12.0. The van der Waals surface area contributed by atoms with Crippen LogP contribution in [0.3, 0.4) is 0 Å². The summed E-state index contributed by atoms with van der Waals surface area (Å²) < 4.78 is 6.36. The number of benzene rings is 1. The van der Waals surface area contributed by atoms with Crippen molar-refractivity contribution in [1.29, 1.82) is 0 Å². The number of amides is 1. The van der Waals surface area contributed by atoms with E-state index in [0.717, 1.165) is 11.8 Å². The van der Waals surface area contributed by atoms with Crippen LogP contribution in [-0.4, -0.2) is 33.1 Å². The molecule has 9 heteroatoms. The number of carbonyl (C=O) groups excluding carboxylic acids is 1. The van der Waals surface area contributed by atoms with Gasteiger partial charge in [0.2, 0.25) is 5.91 Å². The van der Waals surface area contributed by atoms with Crippen LogP contribution in [0, 0.1) is 0 Å². The third kappa shape index (κ3) is 4.28. The molecule has 2 aromatic heterocycles. The van der Waals surface area contributed by atoms with Crippen LogP contribution < -0.4 is 15.7 Å². The number of pyridine rings is 1. The molecule has 1 aromatic carbocycles. The van der Waals surface area contributed by atoms with Crippen molar-refractivity contribution in [3.63, 3.8) is 0 Å². The van der Waals surface area contributed by atoms with Crippen LogP contribution in [0.5, 0.6) is 5.75 Å². The fraction of sp³-hybridized carbons (Fsp3) is 0.125. The zero-order valence-corrected chi connectivity index (χ0v) is 14.7. The van der Waals surface area contributed by atoms with E-state index in [2.05, 4.69) is 15.3 Å². The first-order valence-corrected chi connectivity index (χ1v) is 8.54. The van der Waals surface area contributed by atoms with E-state index in [9.17, 15) is 9.59 Å². The Morgan fingerprint density at radius 2 is 2.16 bits per heavy atom. The fourth-order valence-corrected chi connectivity index (χ4v) is 2.86. The summed E-state index contributed by atoms with van der Waals surface area (Å²) in [7, 11) is 1.56. The van der Waals surface area contributed by atoms with E-state index in [1.54, 1.807) is 43.5 Å². The Kier molecular flexibility index (Phi) is 5.20. The van der Waals surface area contributed by atoms with Crippen molar-refractivity contribution >= 4 is 40.6 Å². The van der Waals surface area contributed by atoms with Crippen molar-refractivity contribution in [3.8, 4) is 5.75 Å². The Labute approximate surface area is 152 Å². The van der Waals surface area contributed by atoms with Gasteiger partial charge in [-0.2, -0.15) is 4.98 Å². The highest BCUT2D eigenvalue weighted by Gasteiger charge is 2.09. The van der Waals surface area contributed by atoms with Crippen LogP contribution in [0.15, 0.2) is 52.5 Å². The molecule has 0 aliphatic carbocycles. The van der Waals surface area contributed by atoms with Crippen molar-refractivity contribution in [2.75, 3.05) is 18.2 Å². The third-order valence-electron chi connectivity index (χ3n) is 3.18. The van der Waals surface area contributed by atoms with E-state index in [4.69, 9.17) is 16.3 Å². The summed E-state index contributed by atoms with van der Waals surface area (Å²) in [6.45, 7) is 0. The lowest BCUT2D eigenvalue weighted by Gasteiger charge is -2.07. The van der Waals surface area contributed by atoms with Gasteiger partial charge in [-0.05, 0) is 24.3 Å². The lowest BCUT2D eigenvalue weighted by atomic mass is 10.3. The SMILES string of the molecule is COc1cccc(NC(=O)CSc2nc(=O)n3cc(Cl)ccc3n2)c1. The van der Waals surface area contributed by atoms with Crippen LogP contribution in [0.1, 0.15) is 0 Å². The zero-order valence-electron chi connectivity index (χ0n) is 13.1. The van der Waals surface area contributed by atoms with Crippen molar-refractivity contribution in [2.24, 2.45) is 0 Å². The highest BCUT2D eigenvalue weighted by Crippen LogP contribution is 2.18. The molecular weight excluding hydrogens is 364 g/mol. The Morgan fingerprint density at radius 1 is 1.32 bits per heavy atom. The average molecular weight is 377 g/mol. The van der Waals surface area contributed by atoms with Crippen molar-refractivity contribution in [1.82, 2.24) is 14.4 Å². The number of methoxy groups -OCH3 is 1. The van der Waals surface area contributed by atoms with E-state index in [-0.39, 0.29) is 16.8 Å². The number of aromatic nitrogens is 3. The largest absolute Gasteiger partial charge is 0.497 e. The molecule has 7 nitrogen and oxygen atoms in total. The number of hydrogen-bond donors (Lipinski definition) is 1. The smallest absolute Gasteiger partial charge is 0.355 e. The van der Waals surface area contributed by atoms with Gasteiger partial charge in [-0.25, -0.2) is 14.2 Å². The topological polar surface area (TPSA) is 85.6 Å². The minimum absolute atomic E-state index is 0.0699. The molecule has 3 aromatic rings. The van der Waals surface area contributed by atoms with E-state index < -0.39 is 5.69 Å². The van der Waals surface area contributed by atoms with Crippen molar-refractivity contribution in [3.05, 3.63) is 58.1 Å². The molecule has 3 rings (SSSR count). The summed E-state index contributed by atoms with van der Waals surface area (Å²) in [5.41, 5.74) is 0.544. The summed E-state index contributed by atoms with van der Waals surface area (Å²) in [5.74, 6) is 0.480. The number of anilines is 1. The number of hydrogen-bond acceptors (Lipinski definition) is 6. The lowest BCUT2D eigenvalue weighted by molar-refractivity contribution is -0.113. The summed E-state index contributed by atoms with van der Waals surface area (Å²) in [4.78, 5) is 32.1. The van der Waals surface area contributed by atoms with Gasteiger partial charge in [0, 0.05) is 18.0 Å². The standard InChI is InChI=1S/C16H13ClN4O3S/c1-24-12-4-2-3-11(7-12)18-14(22)9-25-15-19-13-6-5-10(17)8-21(13)16(23)20-15/h2-8H,9H2,1H3,(H,18,22). The second-order valence-corrected chi connectivity index (χ2v) is 6.31. The zero-order chi connectivity index (χ0) is 17.8. The molecule has 0 atom stereocenters. The molecule has 0 spiro atoms. The maximum absolute atomic E-state index is 12.0. The molecule has 1 N–H and O–H groups in total. The second-order valence-electron chi connectivity index (χ2n) is 4.93. The minimum atomic E-state index is -0.497. The van der Waals surface area contributed by atoms with Gasteiger partial charge in [-0.15, -0.1) is 0 Å². The first-order valence-electron chi connectivity index (χ1n) is 7.18. The molecule has 0 saturated heterocycles. The molecule has 0 aliphatic heterocycles. The van der Waals surface area contributed by atoms with E-state index in [1.807, 2.05) is 0 Å². The number of nitrogens with one attached hydrogen (secondary N) is 1.